The van der Waals surface area contributed by atoms with Crippen molar-refractivity contribution in [3.05, 3.63) is 64.7 Å². The molecule has 0 heterocycles. The van der Waals surface area contributed by atoms with Gasteiger partial charge < -0.3 is 15.7 Å². The van der Waals surface area contributed by atoms with E-state index in [1.54, 1.807) is 18.2 Å². The third-order valence-corrected chi connectivity index (χ3v) is 3.76. The minimum absolute atomic E-state index is 0. The second-order valence-corrected chi connectivity index (χ2v) is 5.77. The fraction of sp³-hybridized carbons (Fsp3) is 0.222. The van der Waals surface area contributed by atoms with Crippen molar-refractivity contribution in [2.45, 2.75) is 19.0 Å². The molecule has 0 aliphatic rings. The highest BCUT2D eigenvalue weighted by Crippen LogP contribution is 2.21. The van der Waals surface area contributed by atoms with Crippen LogP contribution in [0.15, 0.2) is 48.5 Å². The number of carboxylic acid groups (broad SMARTS) is 1. The van der Waals surface area contributed by atoms with Crippen LogP contribution in [0.25, 0.3) is 0 Å². The number of carboxylic acids is 1. The van der Waals surface area contributed by atoms with Crippen LogP contribution in [-0.2, 0) is 11.3 Å². The van der Waals surface area contributed by atoms with Crippen LogP contribution in [0, 0.1) is 11.3 Å². The predicted molar refractivity (Wildman–Crippen MR) is 101 cm³/mol. The van der Waals surface area contributed by atoms with Gasteiger partial charge in [0.05, 0.1) is 17.0 Å². The van der Waals surface area contributed by atoms with E-state index in [4.69, 9.17) is 22.0 Å². The molecule has 132 valence electrons. The molecule has 0 radical (unpaired) electrons. The standard InChI is InChI=1S/C18H18ClN3O2.ClH/c19-17-8-15(7-6-14(17)10-20)22-16(9-18(23)24)12-21-11-13-4-2-1-3-5-13;/h1-8,16,21-22H,9,11-12H2,(H,23,24);1H/t16-;/m0./s1. The second-order valence-electron chi connectivity index (χ2n) is 5.36. The van der Waals surface area contributed by atoms with Crippen molar-refractivity contribution in [1.82, 2.24) is 5.32 Å². The lowest BCUT2D eigenvalue weighted by Gasteiger charge is -2.19. The van der Waals surface area contributed by atoms with Crippen LogP contribution >= 0.6 is 24.0 Å². The third kappa shape index (κ3) is 7.02. The molecule has 2 rings (SSSR count). The first-order chi connectivity index (χ1) is 11.6. The number of halogens is 2. The number of nitrogens with one attached hydrogen (secondary N) is 2. The van der Waals surface area contributed by atoms with Crippen molar-refractivity contribution < 1.29 is 9.90 Å². The molecule has 3 N–H and O–H groups in total. The smallest absolute Gasteiger partial charge is 0.305 e. The molecule has 0 saturated heterocycles. The molecule has 2 aromatic carbocycles. The van der Waals surface area contributed by atoms with E-state index < -0.39 is 5.97 Å². The van der Waals surface area contributed by atoms with Gasteiger partial charge >= 0.3 is 5.97 Å². The van der Waals surface area contributed by atoms with Crippen LogP contribution in [0.2, 0.25) is 5.02 Å². The summed E-state index contributed by atoms with van der Waals surface area (Å²) < 4.78 is 0. The molecule has 0 saturated carbocycles. The normalized spacial score (nSPS) is 11.0. The maximum atomic E-state index is 11.1. The lowest BCUT2D eigenvalue weighted by Crippen LogP contribution is -2.34. The largest absolute Gasteiger partial charge is 0.481 e. The average molecular weight is 380 g/mol. The first kappa shape index (κ1) is 20.8. The number of anilines is 1. The number of benzene rings is 2. The van der Waals surface area contributed by atoms with Crippen LogP contribution in [0.3, 0.4) is 0 Å². The number of hydrogen-bond acceptors (Lipinski definition) is 4. The van der Waals surface area contributed by atoms with Crippen molar-refractivity contribution in [1.29, 1.82) is 5.26 Å². The number of carbonyl (C=O) groups is 1. The topological polar surface area (TPSA) is 85.2 Å². The van der Waals surface area contributed by atoms with Crippen LogP contribution in [0.5, 0.6) is 0 Å². The zero-order chi connectivity index (χ0) is 17.4. The van der Waals surface area contributed by atoms with Gasteiger partial charge in [0.2, 0.25) is 0 Å². The van der Waals surface area contributed by atoms with E-state index in [2.05, 4.69) is 10.6 Å². The molecule has 0 aromatic heterocycles. The number of nitriles is 1. The van der Waals surface area contributed by atoms with Crippen molar-refractivity contribution in [2.75, 3.05) is 11.9 Å². The molecule has 0 spiro atoms. The molecule has 25 heavy (non-hydrogen) atoms. The second kappa shape index (κ2) is 10.6. The highest BCUT2D eigenvalue weighted by molar-refractivity contribution is 6.32. The summed E-state index contributed by atoms with van der Waals surface area (Å²) in [6, 6.07) is 16.5. The molecule has 0 aliphatic heterocycles. The van der Waals surface area contributed by atoms with Gasteiger partial charge in [-0.25, -0.2) is 0 Å². The Balaban J connectivity index is 0.00000312. The molecule has 1 atom stereocenters. The molecule has 5 nitrogen and oxygen atoms in total. The Morgan fingerprint density at radius 1 is 1.24 bits per heavy atom. The van der Waals surface area contributed by atoms with E-state index in [0.29, 0.717) is 29.4 Å². The summed E-state index contributed by atoms with van der Waals surface area (Å²) in [5.41, 5.74) is 2.21. The van der Waals surface area contributed by atoms with E-state index >= 15 is 0 Å². The summed E-state index contributed by atoms with van der Waals surface area (Å²) >= 11 is 6.01. The summed E-state index contributed by atoms with van der Waals surface area (Å²) in [6.45, 7) is 1.14. The summed E-state index contributed by atoms with van der Waals surface area (Å²) in [6.07, 6.45) is -0.0284. The van der Waals surface area contributed by atoms with Crippen molar-refractivity contribution in [2.24, 2.45) is 0 Å². The molecule has 0 aliphatic carbocycles. The fourth-order valence-corrected chi connectivity index (χ4v) is 2.53. The first-order valence-electron chi connectivity index (χ1n) is 7.51. The Hall–Kier alpha value is -2.26. The van der Waals surface area contributed by atoms with Crippen LogP contribution in [-0.4, -0.2) is 23.7 Å². The van der Waals surface area contributed by atoms with Gasteiger partial charge in [-0.2, -0.15) is 5.26 Å². The first-order valence-corrected chi connectivity index (χ1v) is 7.89. The van der Waals surface area contributed by atoms with Crippen molar-refractivity contribution in [3.63, 3.8) is 0 Å². The minimum Gasteiger partial charge on any atom is -0.481 e. The van der Waals surface area contributed by atoms with E-state index in [9.17, 15) is 4.79 Å². The predicted octanol–water partition coefficient (Wildman–Crippen LogP) is 3.68. The average Bonchev–Trinajstić information content (AvgIpc) is 2.55. The number of aliphatic carboxylic acids is 1. The Kier molecular flexibility index (Phi) is 8.79. The summed E-state index contributed by atoms with van der Waals surface area (Å²) in [5, 5.41) is 24.7. The highest BCUT2D eigenvalue weighted by atomic mass is 35.5. The van der Waals surface area contributed by atoms with Gasteiger partial charge in [0.15, 0.2) is 0 Å². The lowest BCUT2D eigenvalue weighted by atomic mass is 10.1. The van der Waals surface area contributed by atoms with Gasteiger partial charge in [-0.1, -0.05) is 41.9 Å². The van der Waals surface area contributed by atoms with E-state index in [-0.39, 0.29) is 24.9 Å². The van der Waals surface area contributed by atoms with Crippen molar-refractivity contribution in [3.8, 4) is 6.07 Å². The van der Waals surface area contributed by atoms with Gasteiger partial charge in [-0.15, -0.1) is 12.4 Å². The lowest BCUT2D eigenvalue weighted by molar-refractivity contribution is -0.137. The molecular formula is C18H19Cl2N3O2. The maximum absolute atomic E-state index is 11.1. The van der Waals surface area contributed by atoms with Crippen molar-refractivity contribution >= 4 is 35.7 Å². The molecule has 0 unspecified atom stereocenters. The number of hydrogen-bond donors (Lipinski definition) is 3. The van der Waals surface area contributed by atoms with Crippen LogP contribution in [0.4, 0.5) is 5.69 Å². The summed E-state index contributed by atoms with van der Waals surface area (Å²) in [7, 11) is 0. The number of rotatable bonds is 8. The highest BCUT2D eigenvalue weighted by Gasteiger charge is 2.13. The Morgan fingerprint density at radius 2 is 1.96 bits per heavy atom. The number of nitrogens with zero attached hydrogens (tertiary/aromatic N) is 1. The molecule has 7 heteroatoms. The Labute approximate surface area is 158 Å². The molecule has 0 fully saturated rings. The summed E-state index contributed by atoms with van der Waals surface area (Å²) in [5.74, 6) is -0.881. The van der Waals surface area contributed by atoms with E-state index in [0.717, 1.165) is 5.56 Å². The minimum atomic E-state index is -0.881. The Morgan fingerprint density at radius 3 is 2.56 bits per heavy atom. The molecule has 0 amide bonds. The van der Waals surface area contributed by atoms with Crippen LogP contribution < -0.4 is 10.6 Å². The zero-order valence-corrected chi connectivity index (χ0v) is 15.0. The zero-order valence-electron chi connectivity index (χ0n) is 13.4. The van der Waals surface area contributed by atoms with Gasteiger partial charge in [-0.3, -0.25) is 4.79 Å². The quantitative estimate of drug-likeness (QED) is 0.651. The van der Waals surface area contributed by atoms with Gasteiger partial charge in [0, 0.05) is 24.8 Å². The molecular weight excluding hydrogens is 361 g/mol. The molecule has 0 bridgehead atoms. The van der Waals surface area contributed by atoms with E-state index in [1.165, 1.54) is 0 Å². The maximum Gasteiger partial charge on any atom is 0.305 e. The molecule has 2 aromatic rings. The summed E-state index contributed by atoms with van der Waals surface area (Å²) in [4.78, 5) is 11.1. The van der Waals surface area contributed by atoms with Gasteiger partial charge in [-0.05, 0) is 23.8 Å². The van der Waals surface area contributed by atoms with Crippen LogP contribution in [0.1, 0.15) is 17.5 Å². The third-order valence-electron chi connectivity index (χ3n) is 3.44. The van der Waals surface area contributed by atoms with Gasteiger partial charge in [0.25, 0.3) is 0 Å². The van der Waals surface area contributed by atoms with E-state index in [1.807, 2.05) is 36.4 Å². The SMILES string of the molecule is Cl.N#Cc1ccc(N[C@H](CNCc2ccccc2)CC(=O)O)cc1Cl. The van der Waals surface area contributed by atoms with Gasteiger partial charge in [0.1, 0.15) is 6.07 Å². The fourth-order valence-electron chi connectivity index (χ4n) is 2.30. The monoisotopic (exact) mass is 379 g/mol. The Bertz CT molecular complexity index is 733.